The molecule has 34 heavy (non-hydrogen) atoms. The Bertz CT molecular complexity index is 1300. The topological polar surface area (TPSA) is 96.9 Å². The largest absolute Gasteiger partial charge is 0.282 e. The van der Waals surface area contributed by atoms with E-state index in [1.54, 1.807) is 23.9 Å². The molecule has 0 unspecified atom stereocenters. The zero-order valence-corrected chi connectivity index (χ0v) is 20.6. The third kappa shape index (κ3) is 5.86. The van der Waals surface area contributed by atoms with Gasteiger partial charge in [0.2, 0.25) is 0 Å². The van der Waals surface area contributed by atoms with Crippen molar-refractivity contribution < 1.29 is 9.59 Å². The van der Waals surface area contributed by atoms with Crippen LogP contribution in [0.2, 0.25) is 0 Å². The molecule has 7 nitrogen and oxygen atoms in total. The average molecular weight is 490 g/mol. The molecule has 0 saturated heterocycles. The summed E-state index contributed by atoms with van der Waals surface area (Å²) in [6.45, 7) is 5.74. The molecule has 4 aromatic rings. The SMILES string of the molecule is Cc1cc(C)nc(SCc2ccc(C(=O)NNC(=O)c3sc(C)nc3-c3ccccc3)cc2)n1. The van der Waals surface area contributed by atoms with Crippen LogP contribution < -0.4 is 10.9 Å². The summed E-state index contributed by atoms with van der Waals surface area (Å²) in [6.07, 6.45) is 0. The first kappa shape index (κ1) is 23.6. The lowest BCUT2D eigenvalue weighted by atomic mass is 10.1. The quantitative estimate of drug-likeness (QED) is 0.227. The summed E-state index contributed by atoms with van der Waals surface area (Å²) in [4.78, 5) is 39.1. The number of hydrogen-bond acceptors (Lipinski definition) is 7. The number of rotatable bonds is 6. The van der Waals surface area contributed by atoms with Crippen molar-refractivity contribution in [2.75, 3.05) is 0 Å². The minimum absolute atomic E-state index is 0.396. The molecule has 172 valence electrons. The molecular weight excluding hydrogens is 466 g/mol. The van der Waals surface area contributed by atoms with E-state index in [1.165, 1.54) is 11.3 Å². The summed E-state index contributed by atoms with van der Waals surface area (Å²) >= 11 is 2.83. The van der Waals surface area contributed by atoms with E-state index in [0.29, 0.717) is 21.9 Å². The van der Waals surface area contributed by atoms with Crippen molar-refractivity contribution in [2.24, 2.45) is 0 Å². The fraction of sp³-hybridized carbons (Fsp3) is 0.160. The third-order valence-corrected chi connectivity index (χ3v) is 6.71. The number of carbonyl (C=O) groups excluding carboxylic acids is 2. The van der Waals surface area contributed by atoms with Gasteiger partial charge in [-0.3, -0.25) is 20.4 Å². The summed E-state index contributed by atoms with van der Waals surface area (Å²) in [5.41, 5.74) is 9.81. The van der Waals surface area contributed by atoms with Crippen molar-refractivity contribution in [3.63, 3.8) is 0 Å². The van der Waals surface area contributed by atoms with E-state index in [1.807, 2.05) is 69.3 Å². The number of hydrazine groups is 1. The Morgan fingerprint density at radius 2 is 1.50 bits per heavy atom. The minimum atomic E-state index is -0.403. The molecule has 4 rings (SSSR count). The molecule has 2 heterocycles. The molecule has 0 spiro atoms. The second kappa shape index (κ2) is 10.6. The number of aromatic nitrogens is 3. The standard InChI is InChI=1S/C25H23N5O2S2/c1-15-13-16(2)27-25(26-15)33-14-18-9-11-20(12-10-18)23(31)29-30-24(32)22-21(28-17(3)34-22)19-7-5-4-6-8-19/h4-13H,14H2,1-3H3,(H,29,31)(H,30,32). The highest BCUT2D eigenvalue weighted by atomic mass is 32.2. The molecule has 2 amide bonds. The molecule has 0 atom stereocenters. The van der Waals surface area contributed by atoms with Gasteiger partial charge in [0.1, 0.15) is 4.88 Å². The molecule has 0 aliphatic carbocycles. The molecule has 0 radical (unpaired) electrons. The zero-order chi connectivity index (χ0) is 24.1. The third-order valence-electron chi connectivity index (χ3n) is 4.82. The molecule has 2 aromatic heterocycles. The highest BCUT2D eigenvalue weighted by molar-refractivity contribution is 7.98. The highest BCUT2D eigenvalue weighted by Gasteiger charge is 2.19. The van der Waals surface area contributed by atoms with Gasteiger partial charge in [0.25, 0.3) is 11.8 Å². The fourth-order valence-electron chi connectivity index (χ4n) is 3.27. The maximum absolute atomic E-state index is 12.7. The van der Waals surface area contributed by atoms with Crippen LogP contribution in [0.25, 0.3) is 11.3 Å². The van der Waals surface area contributed by atoms with Gasteiger partial charge in [-0.25, -0.2) is 15.0 Å². The van der Waals surface area contributed by atoms with Gasteiger partial charge in [0, 0.05) is 28.3 Å². The van der Waals surface area contributed by atoms with E-state index in [2.05, 4.69) is 25.8 Å². The Labute approximate surface area is 206 Å². The molecular formula is C25H23N5O2S2. The molecule has 2 aromatic carbocycles. The van der Waals surface area contributed by atoms with Gasteiger partial charge in [0.15, 0.2) is 5.16 Å². The first-order valence-electron chi connectivity index (χ1n) is 10.6. The zero-order valence-electron chi connectivity index (χ0n) is 19.0. The summed E-state index contributed by atoms with van der Waals surface area (Å²) < 4.78 is 0. The Morgan fingerprint density at radius 1 is 0.853 bits per heavy atom. The van der Waals surface area contributed by atoms with Crippen LogP contribution in [0.4, 0.5) is 0 Å². The lowest BCUT2D eigenvalue weighted by molar-refractivity contribution is 0.0849. The van der Waals surface area contributed by atoms with Crippen molar-refractivity contribution in [1.29, 1.82) is 0 Å². The summed E-state index contributed by atoms with van der Waals surface area (Å²) in [6, 6.07) is 18.6. The van der Waals surface area contributed by atoms with Crippen molar-refractivity contribution in [2.45, 2.75) is 31.7 Å². The van der Waals surface area contributed by atoms with E-state index in [9.17, 15) is 9.59 Å². The van der Waals surface area contributed by atoms with Crippen LogP contribution in [0.3, 0.4) is 0 Å². The fourth-order valence-corrected chi connectivity index (χ4v) is 5.02. The van der Waals surface area contributed by atoms with Crippen LogP contribution >= 0.6 is 23.1 Å². The van der Waals surface area contributed by atoms with Gasteiger partial charge in [-0.1, -0.05) is 54.2 Å². The molecule has 0 fully saturated rings. The maximum Gasteiger partial charge on any atom is 0.282 e. The number of hydrogen-bond donors (Lipinski definition) is 2. The van der Waals surface area contributed by atoms with E-state index in [-0.39, 0.29) is 0 Å². The number of nitrogens with one attached hydrogen (secondary N) is 2. The lowest BCUT2D eigenvalue weighted by Gasteiger charge is -2.08. The number of thiazole rings is 1. The predicted octanol–water partition coefficient (Wildman–Crippen LogP) is 4.89. The second-order valence-corrected chi connectivity index (χ2v) is 9.75. The lowest BCUT2D eigenvalue weighted by Crippen LogP contribution is -2.41. The summed E-state index contributed by atoms with van der Waals surface area (Å²) in [7, 11) is 0. The van der Waals surface area contributed by atoms with Gasteiger partial charge in [-0.15, -0.1) is 11.3 Å². The van der Waals surface area contributed by atoms with Gasteiger partial charge < -0.3 is 0 Å². The van der Waals surface area contributed by atoms with Crippen molar-refractivity contribution in [1.82, 2.24) is 25.8 Å². The average Bonchev–Trinajstić information content (AvgIpc) is 3.23. The normalized spacial score (nSPS) is 10.7. The Hall–Kier alpha value is -3.56. The van der Waals surface area contributed by atoms with Gasteiger partial charge in [-0.05, 0) is 44.5 Å². The molecule has 0 aliphatic rings. The van der Waals surface area contributed by atoms with Gasteiger partial charge in [0.05, 0.1) is 10.7 Å². The molecule has 2 N–H and O–H groups in total. The number of nitrogens with zero attached hydrogens (tertiary/aromatic N) is 3. The maximum atomic E-state index is 12.7. The molecule has 0 saturated carbocycles. The molecule has 0 aliphatic heterocycles. The van der Waals surface area contributed by atoms with E-state index in [0.717, 1.165) is 32.7 Å². The van der Waals surface area contributed by atoms with Crippen LogP contribution in [0.5, 0.6) is 0 Å². The van der Waals surface area contributed by atoms with Crippen LogP contribution in [-0.2, 0) is 5.75 Å². The first-order valence-corrected chi connectivity index (χ1v) is 12.4. The minimum Gasteiger partial charge on any atom is -0.267 e. The monoisotopic (exact) mass is 489 g/mol. The second-order valence-electron chi connectivity index (χ2n) is 7.60. The number of benzene rings is 2. The van der Waals surface area contributed by atoms with Crippen LogP contribution in [0.15, 0.2) is 65.8 Å². The van der Waals surface area contributed by atoms with Crippen LogP contribution in [0.1, 0.15) is 42.0 Å². The molecule has 0 bridgehead atoms. The summed E-state index contributed by atoms with van der Waals surface area (Å²) in [5.74, 6) is -0.110. The van der Waals surface area contributed by atoms with Gasteiger partial charge in [-0.2, -0.15) is 0 Å². The van der Waals surface area contributed by atoms with Crippen LogP contribution in [-0.4, -0.2) is 26.8 Å². The number of aryl methyl sites for hydroxylation is 3. The van der Waals surface area contributed by atoms with Crippen molar-refractivity contribution >= 4 is 34.9 Å². The Kier molecular flexibility index (Phi) is 7.34. The van der Waals surface area contributed by atoms with E-state index < -0.39 is 11.8 Å². The van der Waals surface area contributed by atoms with Gasteiger partial charge >= 0.3 is 0 Å². The Morgan fingerprint density at radius 3 is 2.18 bits per heavy atom. The molecule has 9 heteroatoms. The predicted molar refractivity (Wildman–Crippen MR) is 135 cm³/mol. The number of thioether (sulfide) groups is 1. The number of carbonyl (C=O) groups is 2. The smallest absolute Gasteiger partial charge is 0.267 e. The van der Waals surface area contributed by atoms with Crippen molar-refractivity contribution in [3.8, 4) is 11.3 Å². The van der Waals surface area contributed by atoms with Crippen molar-refractivity contribution in [3.05, 3.63) is 93.1 Å². The highest BCUT2D eigenvalue weighted by Crippen LogP contribution is 2.27. The first-order chi connectivity index (χ1) is 16.4. The Balaban J connectivity index is 1.35. The van der Waals surface area contributed by atoms with Crippen LogP contribution in [0, 0.1) is 20.8 Å². The van der Waals surface area contributed by atoms with E-state index >= 15 is 0 Å². The van der Waals surface area contributed by atoms with E-state index in [4.69, 9.17) is 0 Å². The summed E-state index contributed by atoms with van der Waals surface area (Å²) in [5, 5.41) is 1.50. The number of amides is 2.